The molecule has 0 bridgehead atoms. The maximum Gasteiger partial charge on any atom is 0.344 e. The van der Waals surface area contributed by atoms with Crippen LogP contribution in [0.25, 0.3) is 0 Å². The number of ether oxygens (including phenoxy) is 2. The predicted molar refractivity (Wildman–Crippen MR) is 93.3 cm³/mol. The monoisotopic (exact) mass is 370 g/mol. The zero-order chi connectivity index (χ0) is 19.1. The molecule has 6 nitrogen and oxygen atoms in total. The van der Waals surface area contributed by atoms with Crippen LogP contribution in [-0.2, 0) is 14.3 Å². The molecule has 1 aromatic heterocycles. The van der Waals surface area contributed by atoms with E-state index in [0.29, 0.717) is 30.4 Å². The first-order valence-electron chi connectivity index (χ1n) is 9.54. The van der Waals surface area contributed by atoms with E-state index in [1.54, 1.807) is 0 Å². The summed E-state index contributed by atoms with van der Waals surface area (Å²) in [4.78, 5) is 38.4. The molecule has 142 valence electrons. The quantitative estimate of drug-likeness (QED) is 0.705. The average molecular weight is 370 g/mol. The standard InChI is InChI=1S/C21H22O6/c1-9-14-10-6-7-21(2)12(4-5-13(21)22)15(10)17(23)18-16(14)11(8-26-18)19(24)27-20(9)25-3/h8-9,12,14,20H,4-7H2,1-3H3/t9-,12-,14?,20-,21-/m0/s1. The van der Waals surface area contributed by atoms with E-state index in [2.05, 4.69) is 0 Å². The lowest BCUT2D eigenvalue weighted by Gasteiger charge is -2.43. The lowest BCUT2D eigenvalue weighted by molar-refractivity contribution is -0.127. The van der Waals surface area contributed by atoms with E-state index in [1.165, 1.54) is 13.4 Å². The molecule has 1 aromatic rings. The van der Waals surface area contributed by atoms with Gasteiger partial charge in [0, 0.05) is 47.8 Å². The first-order chi connectivity index (χ1) is 12.9. The van der Waals surface area contributed by atoms with E-state index >= 15 is 0 Å². The Morgan fingerprint density at radius 3 is 2.74 bits per heavy atom. The molecule has 5 atom stereocenters. The van der Waals surface area contributed by atoms with Gasteiger partial charge in [-0.15, -0.1) is 0 Å². The van der Waals surface area contributed by atoms with Crippen LogP contribution in [0, 0.1) is 17.3 Å². The molecule has 6 heteroatoms. The van der Waals surface area contributed by atoms with Crippen LogP contribution < -0.4 is 0 Å². The number of carbonyl (C=O) groups is 3. The van der Waals surface area contributed by atoms with Crippen molar-refractivity contribution in [3.8, 4) is 0 Å². The summed E-state index contributed by atoms with van der Waals surface area (Å²) in [6, 6.07) is 0. The number of methoxy groups -OCH3 is 1. The minimum atomic E-state index is -0.691. The van der Waals surface area contributed by atoms with E-state index in [0.717, 1.165) is 17.6 Å². The summed E-state index contributed by atoms with van der Waals surface area (Å²) in [6.07, 6.45) is 3.27. The highest BCUT2D eigenvalue weighted by Gasteiger charge is 2.56. The van der Waals surface area contributed by atoms with Crippen molar-refractivity contribution in [1.29, 1.82) is 0 Å². The van der Waals surface area contributed by atoms with Crippen LogP contribution in [0.3, 0.4) is 0 Å². The zero-order valence-electron chi connectivity index (χ0n) is 15.7. The van der Waals surface area contributed by atoms with Crippen LogP contribution in [-0.4, -0.2) is 30.9 Å². The Hall–Kier alpha value is -2.21. The van der Waals surface area contributed by atoms with Crippen LogP contribution in [0.4, 0.5) is 0 Å². The molecule has 5 rings (SSSR count). The number of allylic oxidation sites excluding steroid dienone is 2. The molecular formula is C21H22O6. The molecule has 0 spiro atoms. The minimum absolute atomic E-state index is 0.0731. The van der Waals surface area contributed by atoms with Crippen molar-refractivity contribution < 1.29 is 28.3 Å². The number of fused-ring (bicyclic) bond motifs is 3. The maximum absolute atomic E-state index is 13.4. The third-order valence-electron chi connectivity index (χ3n) is 7.27. The SMILES string of the molecule is CO[C@H]1OC(=O)c2coc3c2C(C2=C(C3=O)[C@@H]3CCC(=O)[C@@]3(C)CC2)[C@@H]1C. The third-order valence-corrected chi connectivity index (χ3v) is 7.27. The van der Waals surface area contributed by atoms with Gasteiger partial charge in [-0.05, 0) is 19.3 Å². The molecule has 1 fully saturated rings. The van der Waals surface area contributed by atoms with Gasteiger partial charge >= 0.3 is 5.97 Å². The Bertz CT molecular complexity index is 921. The molecule has 1 unspecified atom stereocenters. The minimum Gasteiger partial charge on any atom is -0.460 e. The van der Waals surface area contributed by atoms with Crippen molar-refractivity contribution in [3.05, 3.63) is 34.3 Å². The average Bonchev–Trinajstić information content (AvgIpc) is 3.19. The van der Waals surface area contributed by atoms with Gasteiger partial charge in [0.25, 0.3) is 0 Å². The Kier molecular flexibility index (Phi) is 3.39. The normalized spacial score (nSPS) is 37.5. The third kappa shape index (κ3) is 1.97. The van der Waals surface area contributed by atoms with Crippen LogP contribution in [0.2, 0.25) is 0 Å². The lowest BCUT2D eigenvalue weighted by Crippen LogP contribution is -2.40. The fraction of sp³-hybridized carbons (Fsp3) is 0.571. The number of rotatable bonds is 1. The fourth-order valence-electron chi connectivity index (χ4n) is 5.81. The fourth-order valence-corrected chi connectivity index (χ4v) is 5.81. The molecule has 0 N–H and O–H groups in total. The summed E-state index contributed by atoms with van der Waals surface area (Å²) < 4.78 is 16.5. The van der Waals surface area contributed by atoms with Crippen molar-refractivity contribution in [1.82, 2.24) is 0 Å². The van der Waals surface area contributed by atoms with Crippen molar-refractivity contribution in [2.75, 3.05) is 7.11 Å². The summed E-state index contributed by atoms with van der Waals surface area (Å²) in [5, 5.41) is 0. The van der Waals surface area contributed by atoms with Gasteiger partial charge in [-0.1, -0.05) is 19.4 Å². The molecule has 27 heavy (non-hydrogen) atoms. The van der Waals surface area contributed by atoms with Gasteiger partial charge in [0.05, 0.1) is 0 Å². The van der Waals surface area contributed by atoms with Crippen molar-refractivity contribution in [2.45, 2.75) is 51.7 Å². The summed E-state index contributed by atoms with van der Waals surface area (Å²) in [5.41, 5.74) is 2.27. The van der Waals surface area contributed by atoms with Gasteiger partial charge in [0.15, 0.2) is 5.76 Å². The van der Waals surface area contributed by atoms with E-state index in [-0.39, 0.29) is 35.1 Å². The number of furan rings is 1. The number of esters is 1. The molecular weight excluding hydrogens is 348 g/mol. The largest absolute Gasteiger partial charge is 0.460 e. The maximum atomic E-state index is 13.4. The van der Waals surface area contributed by atoms with Crippen LogP contribution in [0.1, 0.15) is 71.9 Å². The van der Waals surface area contributed by atoms with E-state index in [9.17, 15) is 14.4 Å². The molecule has 0 saturated heterocycles. The second-order valence-electron chi connectivity index (χ2n) is 8.44. The molecule has 0 aromatic carbocycles. The molecule has 2 heterocycles. The molecule has 3 aliphatic carbocycles. The summed E-state index contributed by atoms with van der Waals surface area (Å²) in [7, 11) is 1.52. The highest BCUT2D eigenvalue weighted by atomic mass is 16.7. The Balaban J connectivity index is 1.74. The molecule has 0 amide bonds. The number of ketones is 2. The summed E-state index contributed by atoms with van der Waals surface area (Å²) >= 11 is 0. The Morgan fingerprint density at radius 1 is 1.22 bits per heavy atom. The number of hydrogen-bond acceptors (Lipinski definition) is 6. The second kappa shape index (κ2) is 5.41. The first kappa shape index (κ1) is 16.9. The Labute approximate surface area is 156 Å². The first-order valence-corrected chi connectivity index (χ1v) is 9.54. The molecule has 1 aliphatic heterocycles. The van der Waals surface area contributed by atoms with E-state index < -0.39 is 17.7 Å². The number of Topliss-reactive ketones (excluding diaryl/α,β-unsaturated/α-hetero) is 2. The van der Waals surface area contributed by atoms with Crippen molar-refractivity contribution in [2.24, 2.45) is 17.3 Å². The topological polar surface area (TPSA) is 82.8 Å². The number of hydrogen-bond donors (Lipinski definition) is 0. The molecule has 4 aliphatic rings. The van der Waals surface area contributed by atoms with Gasteiger partial charge < -0.3 is 13.9 Å². The number of carbonyl (C=O) groups excluding carboxylic acids is 3. The second-order valence-corrected chi connectivity index (χ2v) is 8.44. The zero-order valence-corrected chi connectivity index (χ0v) is 15.7. The smallest absolute Gasteiger partial charge is 0.344 e. The molecule has 1 saturated carbocycles. The van der Waals surface area contributed by atoms with Crippen LogP contribution in [0.5, 0.6) is 0 Å². The van der Waals surface area contributed by atoms with Gasteiger partial charge in [-0.25, -0.2) is 4.79 Å². The van der Waals surface area contributed by atoms with E-state index in [4.69, 9.17) is 13.9 Å². The van der Waals surface area contributed by atoms with Gasteiger partial charge in [0.2, 0.25) is 12.1 Å². The van der Waals surface area contributed by atoms with Gasteiger partial charge in [0.1, 0.15) is 17.6 Å². The van der Waals surface area contributed by atoms with Crippen LogP contribution in [0.15, 0.2) is 21.8 Å². The highest BCUT2D eigenvalue weighted by Crippen LogP contribution is 2.59. The molecule has 0 radical (unpaired) electrons. The highest BCUT2D eigenvalue weighted by molar-refractivity contribution is 6.13. The summed E-state index contributed by atoms with van der Waals surface area (Å²) in [6.45, 7) is 3.97. The summed E-state index contributed by atoms with van der Waals surface area (Å²) in [5.74, 6) is -0.596. The lowest BCUT2D eigenvalue weighted by atomic mass is 9.59. The van der Waals surface area contributed by atoms with Crippen molar-refractivity contribution in [3.63, 3.8) is 0 Å². The predicted octanol–water partition coefficient (Wildman–Crippen LogP) is 3.41. The Morgan fingerprint density at radius 2 is 2.00 bits per heavy atom. The number of cyclic esters (lactones) is 1. The van der Waals surface area contributed by atoms with Crippen molar-refractivity contribution >= 4 is 17.5 Å². The van der Waals surface area contributed by atoms with Gasteiger partial charge in [-0.2, -0.15) is 0 Å². The van der Waals surface area contributed by atoms with E-state index in [1.807, 2.05) is 13.8 Å². The van der Waals surface area contributed by atoms with Crippen LogP contribution >= 0.6 is 0 Å². The van der Waals surface area contributed by atoms with Gasteiger partial charge in [-0.3, -0.25) is 9.59 Å².